The molecule has 7 heteroatoms. The second-order valence-corrected chi connectivity index (χ2v) is 6.42. The van der Waals surface area contributed by atoms with Crippen LogP contribution in [0.5, 0.6) is 0 Å². The summed E-state index contributed by atoms with van der Waals surface area (Å²) in [6.07, 6.45) is 0.795. The first-order chi connectivity index (χ1) is 10.2. The van der Waals surface area contributed by atoms with Gasteiger partial charge in [-0.2, -0.15) is 0 Å². The van der Waals surface area contributed by atoms with E-state index in [-0.39, 0.29) is 5.97 Å². The highest BCUT2D eigenvalue weighted by molar-refractivity contribution is 9.10. The lowest BCUT2D eigenvalue weighted by Gasteiger charge is -2.19. The van der Waals surface area contributed by atoms with Gasteiger partial charge in [-0.25, -0.2) is 14.8 Å². The van der Waals surface area contributed by atoms with Crippen LogP contribution in [0.3, 0.4) is 0 Å². The predicted molar refractivity (Wildman–Crippen MR) is 84.4 cm³/mol. The quantitative estimate of drug-likeness (QED) is 0.845. The molecule has 0 unspecified atom stereocenters. The van der Waals surface area contributed by atoms with Gasteiger partial charge in [0.05, 0.1) is 17.2 Å². The van der Waals surface area contributed by atoms with Crippen molar-refractivity contribution in [2.75, 3.05) is 13.2 Å². The standard InChI is InChI=1S/C14H14BrN3O2S/c1-2-20-14(19)12-9-6-16-4-3-10(9)17-13(18-12)11-5-8(15)7-21-11/h5,7,16H,2-4,6H2,1H3. The molecule has 1 N–H and O–H groups in total. The number of nitrogens with zero attached hydrogens (tertiary/aromatic N) is 2. The minimum Gasteiger partial charge on any atom is -0.461 e. The molecule has 0 aliphatic carbocycles. The lowest BCUT2D eigenvalue weighted by atomic mass is 10.1. The third-order valence-corrected chi connectivity index (χ3v) is 4.88. The van der Waals surface area contributed by atoms with E-state index < -0.39 is 0 Å². The van der Waals surface area contributed by atoms with Crippen molar-refractivity contribution in [1.82, 2.24) is 15.3 Å². The number of halogens is 1. The fourth-order valence-electron chi connectivity index (χ4n) is 2.25. The molecule has 3 heterocycles. The Labute approximate surface area is 134 Å². The van der Waals surface area contributed by atoms with E-state index in [4.69, 9.17) is 4.74 Å². The van der Waals surface area contributed by atoms with Gasteiger partial charge in [-0.05, 0) is 28.9 Å². The normalized spacial score (nSPS) is 13.8. The summed E-state index contributed by atoms with van der Waals surface area (Å²) in [5, 5.41) is 5.22. The summed E-state index contributed by atoms with van der Waals surface area (Å²) in [7, 11) is 0. The number of fused-ring (bicyclic) bond motifs is 1. The molecule has 110 valence electrons. The molecule has 0 amide bonds. The van der Waals surface area contributed by atoms with E-state index in [1.165, 1.54) is 0 Å². The first-order valence-electron chi connectivity index (χ1n) is 6.71. The third kappa shape index (κ3) is 3.00. The fraction of sp³-hybridized carbons (Fsp3) is 0.357. The number of hydrogen-bond donors (Lipinski definition) is 1. The number of nitrogens with one attached hydrogen (secondary N) is 1. The average molecular weight is 368 g/mol. The number of carbonyl (C=O) groups excluding carboxylic acids is 1. The first-order valence-corrected chi connectivity index (χ1v) is 8.38. The minimum absolute atomic E-state index is 0.338. The molecule has 5 nitrogen and oxygen atoms in total. The van der Waals surface area contributed by atoms with E-state index in [1.54, 1.807) is 18.3 Å². The Bertz CT molecular complexity index is 687. The summed E-state index contributed by atoms with van der Waals surface area (Å²) >= 11 is 4.98. The van der Waals surface area contributed by atoms with Crippen molar-refractivity contribution in [3.63, 3.8) is 0 Å². The highest BCUT2D eigenvalue weighted by atomic mass is 79.9. The maximum Gasteiger partial charge on any atom is 0.357 e. The van der Waals surface area contributed by atoms with Crippen LogP contribution in [0.15, 0.2) is 15.9 Å². The highest BCUT2D eigenvalue weighted by Gasteiger charge is 2.23. The highest BCUT2D eigenvalue weighted by Crippen LogP contribution is 2.29. The van der Waals surface area contributed by atoms with Gasteiger partial charge in [0.2, 0.25) is 0 Å². The van der Waals surface area contributed by atoms with E-state index in [0.717, 1.165) is 33.6 Å². The van der Waals surface area contributed by atoms with Crippen molar-refractivity contribution in [3.05, 3.63) is 32.9 Å². The van der Waals surface area contributed by atoms with Crippen LogP contribution in [0.2, 0.25) is 0 Å². The molecule has 0 bridgehead atoms. The molecule has 2 aromatic rings. The number of aromatic nitrogens is 2. The molecule has 3 rings (SSSR count). The lowest BCUT2D eigenvalue weighted by molar-refractivity contribution is 0.0517. The second-order valence-electron chi connectivity index (χ2n) is 4.60. The van der Waals surface area contributed by atoms with Gasteiger partial charge in [-0.3, -0.25) is 0 Å². The second kappa shape index (κ2) is 6.21. The van der Waals surface area contributed by atoms with Crippen LogP contribution < -0.4 is 5.32 Å². The molecule has 2 aromatic heterocycles. The number of hydrogen-bond acceptors (Lipinski definition) is 6. The summed E-state index contributed by atoms with van der Waals surface area (Å²) < 4.78 is 6.12. The maximum absolute atomic E-state index is 12.2. The lowest BCUT2D eigenvalue weighted by Crippen LogP contribution is -2.28. The SMILES string of the molecule is CCOC(=O)c1nc(-c2cc(Br)cs2)nc2c1CNCC2. The van der Waals surface area contributed by atoms with Crippen LogP contribution in [0, 0.1) is 0 Å². The van der Waals surface area contributed by atoms with Gasteiger partial charge in [-0.1, -0.05) is 0 Å². The largest absolute Gasteiger partial charge is 0.461 e. The molecule has 0 aromatic carbocycles. The van der Waals surface area contributed by atoms with E-state index in [2.05, 4.69) is 31.2 Å². The minimum atomic E-state index is -0.378. The number of thiophene rings is 1. The van der Waals surface area contributed by atoms with Gasteiger partial charge in [0, 0.05) is 34.9 Å². The summed E-state index contributed by atoms with van der Waals surface area (Å²) in [6.45, 7) is 3.60. The smallest absolute Gasteiger partial charge is 0.357 e. The molecule has 1 aliphatic heterocycles. The van der Waals surface area contributed by atoms with Crippen LogP contribution >= 0.6 is 27.3 Å². The van der Waals surface area contributed by atoms with Crippen molar-refractivity contribution in [1.29, 1.82) is 0 Å². The van der Waals surface area contributed by atoms with Crippen molar-refractivity contribution in [3.8, 4) is 10.7 Å². The Balaban J connectivity index is 2.10. The zero-order valence-electron chi connectivity index (χ0n) is 11.5. The van der Waals surface area contributed by atoms with E-state index >= 15 is 0 Å². The van der Waals surface area contributed by atoms with Gasteiger partial charge in [0.25, 0.3) is 0 Å². The Morgan fingerprint density at radius 3 is 3.10 bits per heavy atom. The molecule has 0 saturated carbocycles. The monoisotopic (exact) mass is 367 g/mol. The summed E-state index contributed by atoms with van der Waals surface area (Å²) in [4.78, 5) is 22.2. The first kappa shape index (κ1) is 14.6. The summed E-state index contributed by atoms with van der Waals surface area (Å²) in [5.41, 5.74) is 2.18. The van der Waals surface area contributed by atoms with Crippen molar-refractivity contribution >= 4 is 33.2 Å². The van der Waals surface area contributed by atoms with Crippen LogP contribution in [0.25, 0.3) is 10.7 Å². The third-order valence-electron chi connectivity index (χ3n) is 3.19. The van der Waals surface area contributed by atoms with Gasteiger partial charge in [0.1, 0.15) is 0 Å². The Morgan fingerprint density at radius 1 is 1.52 bits per heavy atom. The van der Waals surface area contributed by atoms with Crippen molar-refractivity contribution < 1.29 is 9.53 Å². The molecule has 0 radical (unpaired) electrons. The maximum atomic E-state index is 12.2. The summed E-state index contributed by atoms with van der Waals surface area (Å²) in [6, 6.07) is 1.96. The average Bonchev–Trinajstić information content (AvgIpc) is 2.93. The van der Waals surface area contributed by atoms with Gasteiger partial charge < -0.3 is 10.1 Å². The van der Waals surface area contributed by atoms with Crippen LogP contribution in [-0.4, -0.2) is 29.1 Å². The number of rotatable bonds is 3. The zero-order chi connectivity index (χ0) is 14.8. The van der Waals surface area contributed by atoms with Gasteiger partial charge in [-0.15, -0.1) is 11.3 Å². The van der Waals surface area contributed by atoms with Crippen LogP contribution in [0.4, 0.5) is 0 Å². The number of carbonyl (C=O) groups is 1. The van der Waals surface area contributed by atoms with E-state index in [1.807, 2.05) is 11.4 Å². The topological polar surface area (TPSA) is 64.1 Å². The number of esters is 1. The Morgan fingerprint density at radius 2 is 2.38 bits per heavy atom. The summed E-state index contributed by atoms with van der Waals surface area (Å²) in [5.74, 6) is 0.214. The van der Waals surface area contributed by atoms with Crippen LogP contribution in [0.1, 0.15) is 28.7 Å². The molecule has 0 atom stereocenters. The van der Waals surface area contributed by atoms with Gasteiger partial charge in [0.15, 0.2) is 11.5 Å². The molecular formula is C14H14BrN3O2S. The molecule has 1 aliphatic rings. The molecular weight excluding hydrogens is 354 g/mol. The predicted octanol–water partition coefficient (Wildman–Crippen LogP) is 2.79. The Hall–Kier alpha value is -1.31. The molecule has 0 spiro atoms. The van der Waals surface area contributed by atoms with Crippen LogP contribution in [-0.2, 0) is 17.7 Å². The van der Waals surface area contributed by atoms with E-state index in [0.29, 0.717) is 24.7 Å². The van der Waals surface area contributed by atoms with Gasteiger partial charge >= 0.3 is 5.97 Å². The Kier molecular flexibility index (Phi) is 4.32. The molecule has 0 fully saturated rings. The van der Waals surface area contributed by atoms with E-state index in [9.17, 15) is 4.79 Å². The van der Waals surface area contributed by atoms with Crippen molar-refractivity contribution in [2.24, 2.45) is 0 Å². The molecule has 0 saturated heterocycles. The molecule has 21 heavy (non-hydrogen) atoms. The van der Waals surface area contributed by atoms with Crippen molar-refractivity contribution in [2.45, 2.75) is 19.9 Å². The number of ether oxygens (including phenoxy) is 1. The fourth-order valence-corrected chi connectivity index (χ4v) is 3.61. The zero-order valence-corrected chi connectivity index (χ0v) is 13.9.